The molecule has 0 atom stereocenters. The summed E-state index contributed by atoms with van der Waals surface area (Å²) >= 11 is 0. The number of rotatable bonds is 3. The van der Waals surface area contributed by atoms with Crippen LogP contribution in [0.25, 0.3) is 0 Å². The summed E-state index contributed by atoms with van der Waals surface area (Å²) in [5.74, 6) is -0.423. The summed E-state index contributed by atoms with van der Waals surface area (Å²) in [5.41, 5.74) is 0.142. The van der Waals surface area contributed by atoms with E-state index in [1.165, 1.54) is 19.1 Å². The first-order chi connectivity index (χ1) is 6.97. The summed E-state index contributed by atoms with van der Waals surface area (Å²) in [6, 6.07) is 2.80. The van der Waals surface area contributed by atoms with Crippen LogP contribution in [0.5, 0.6) is 0 Å². The maximum absolute atomic E-state index is 11.2. The fourth-order valence-corrected chi connectivity index (χ4v) is 1.37. The normalized spacial score (nSPS) is 9.73. The molecule has 0 saturated carbocycles. The number of ketones is 1. The highest BCUT2D eigenvalue weighted by atomic mass is 16.6. The molecule has 78 valence electrons. The number of benzene rings is 1. The highest BCUT2D eigenvalue weighted by Gasteiger charge is 2.22. The maximum Gasteiger partial charge on any atom is 0.290 e. The summed E-state index contributed by atoms with van der Waals surface area (Å²) in [7, 11) is 0. The second kappa shape index (κ2) is 4.00. The van der Waals surface area contributed by atoms with Crippen LogP contribution in [0.3, 0.4) is 0 Å². The first-order valence-corrected chi connectivity index (χ1v) is 4.22. The zero-order chi connectivity index (χ0) is 11.6. The minimum absolute atomic E-state index is 0.0258. The Bertz CT molecular complexity index is 451. The van der Waals surface area contributed by atoms with E-state index in [-0.39, 0.29) is 11.1 Å². The molecule has 1 aromatic carbocycles. The van der Waals surface area contributed by atoms with E-state index in [0.717, 1.165) is 0 Å². The molecular formula is C10H9NO4. The third-order valence-electron chi connectivity index (χ3n) is 1.97. The second-order valence-electron chi connectivity index (χ2n) is 3.18. The third-order valence-corrected chi connectivity index (χ3v) is 1.97. The fraction of sp³-hybridized carbons (Fsp3) is 0.200. The van der Waals surface area contributed by atoms with Crippen molar-refractivity contribution in [3.8, 4) is 0 Å². The lowest BCUT2D eigenvalue weighted by molar-refractivity contribution is -0.385. The van der Waals surface area contributed by atoms with Crippen LogP contribution in [0.1, 0.15) is 33.2 Å². The van der Waals surface area contributed by atoms with Crippen molar-refractivity contribution in [2.75, 3.05) is 0 Å². The van der Waals surface area contributed by atoms with Gasteiger partial charge in [0.15, 0.2) is 12.1 Å². The monoisotopic (exact) mass is 207 g/mol. The number of carbonyl (C=O) groups is 2. The molecule has 5 heteroatoms. The van der Waals surface area contributed by atoms with Gasteiger partial charge in [-0.2, -0.15) is 0 Å². The molecule has 0 unspecified atom stereocenters. The van der Waals surface area contributed by atoms with Gasteiger partial charge < -0.3 is 0 Å². The molecule has 0 aromatic heterocycles. The molecule has 0 heterocycles. The number of aryl methyl sites for hydroxylation is 1. The Morgan fingerprint density at radius 1 is 1.47 bits per heavy atom. The molecule has 0 aliphatic heterocycles. The molecule has 0 radical (unpaired) electrons. The minimum Gasteiger partial charge on any atom is -0.298 e. The van der Waals surface area contributed by atoms with Crippen molar-refractivity contribution >= 4 is 17.8 Å². The van der Waals surface area contributed by atoms with Gasteiger partial charge in [0.25, 0.3) is 5.69 Å². The van der Waals surface area contributed by atoms with Crippen LogP contribution in [0.4, 0.5) is 5.69 Å². The molecule has 0 N–H and O–H groups in total. The largest absolute Gasteiger partial charge is 0.298 e. The first-order valence-electron chi connectivity index (χ1n) is 4.22. The first kappa shape index (κ1) is 11.0. The molecular weight excluding hydrogens is 198 g/mol. The Labute approximate surface area is 85.9 Å². The standard InChI is InChI=1S/C10H9NO4/c1-6-3-8(5-12)10(11(14)15)9(4-6)7(2)13/h3-5H,1-2H3. The van der Waals surface area contributed by atoms with Crippen molar-refractivity contribution in [1.82, 2.24) is 0 Å². The van der Waals surface area contributed by atoms with Crippen LogP contribution in [0.15, 0.2) is 12.1 Å². The van der Waals surface area contributed by atoms with Crippen LogP contribution in [0, 0.1) is 17.0 Å². The summed E-state index contributed by atoms with van der Waals surface area (Å²) in [4.78, 5) is 31.8. The molecule has 0 aliphatic carbocycles. The van der Waals surface area contributed by atoms with Gasteiger partial charge in [-0.25, -0.2) is 0 Å². The Hall–Kier alpha value is -2.04. The molecule has 1 aromatic rings. The quantitative estimate of drug-likeness (QED) is 0.328. The van der Waals surface area contributed by atoms with Crippen molar-refractivity contribution in [2.45, 2.75) is 13.8 Å². The lowest BCUT2D eigenvalue weighted by Crippen LogP contribution is -2.04. The third kappa shape index (κ3) is 2.07. The van der Waals surface area contributed by atoms with Crippen LogP contribution in [-0.2, 0) is 0 Å². The van der Waals surface area contributed by atoms with Crippen LogP contribution >= 0.6 is 0 Å². The van der Waals surface area contributed by atoms with Gasteiger partial charge in [0.05, 0.1) is 16.1 Å². The number of carbonyl (C=O) groups excluding carboxylic acids is 2. The van der Waals surface area contributed by atoms with Crippen molar-refractivity contribution in [3.63, 3.8) is 0 Å². The number of nitrogens with zero attached hydrogens (tertiary/aromatic N) is 1. The number of hydrogen-bond acceptors (Lipinski definition) is 4. The predicted molar refractivity (Wildman–Crippen MR) is 53.2 cm³/mol. The number of nitro benzene ring substituents is 1. The van der Waals surface area contributed by atoms with Crippen LogP contribution < -0.4 is 0 Å². The predicted octanol–water partition coefficient (Wildman–Crippen LogP) is 1.92. The fourth-order valence-electron chi connectivity index (χ4n) is 1.37. The molecule has 5 nitrogen and oxygen atoms in total. The summed E-state index contributed by atoms with van der Waals surface area (Å²) in [5, 5.41) is 10.7. The Kier molecular flexibility index (Phi) is 2.94. The lowest BCUT2D eigenvalue weighted by Gasteiger charge is -2.03. The number of nitro groups is 1. The van der Waals surface area contributed by atoms with Crippen LogP contribution in [0.2, 0.25) is 0 Å². The van der Waals surface area contributed by atoms with Gasteiger partial charge >= 0.3 is 0 Å². The summed E-state index contributed by atoms with van der Waals surface area (Å²) < 4.78 is 0. The number of aldehydes is 1. The van der Waals surface area contributed by atoms with Crippen LogP contribution in [-0.4, -0.2) is 17.0 Å². The molecule has 0 bridgehead atoms. The highest BCUT2D eigenvalue weighted by Crippen LogP contribution is 2.24. The molecule has 0 aliphatic rings. The lowest BCUT2D eigenvalue weighted by atomic mass is 10.0. The topological polar surface area (TPSA) is 77.3 Å². The van der Waals surface area contributed by atoms with Crippen molar-refractivity contribution in [1.29, 1.82) is 0 Å². The van der Waals surface area contributed by atoms with Gasteiger partial charge in [-0.1, -0.05) is 0 Å². The van der Waals surface area contributed by atoms with Gasteiger partial charge in [0, 0.05) is 0 Å². The molecule has 1 rings (SSSR count). The maximum atomic E-state index is 11.2. The summed E-state index contributed by atoms with van der Waals surface area (Å²) in [6.07, 6.45) is 0.386. The van der Waals surface area contributed by atoms with Gasteiger partial charge in [-0.15, -0.1) is 0 Å². The Balaban J connectivity index is 3.61. The van der Waals surface area contributed by atoms with E-state index in [0.29, 0.717) is 11.8 Å². The zero-order valence-corrected chi connectivity index (χ0v) is 8.31. The molecule has 0 fully saturated rings. The molecule has 15 heavy (non-hydrogen) atoms. The minimum atomic E-state index is -0.708. The average molecular weight is 207 g/mol. The highest BCUT2D eigenvalue weighted by molar-refractivity contribution is 6.01. The zero-order valence-electron chi connectivity index (χ0n) is 8.31. The number of hydrogen-bond donors (Lipinski definition) is 0. The van der Waals surface area contributed by atoms with Gasteiger partial charge in [0.2, 0.25) is 0 Å². The summed E-state index contributed by atoms with van der Waals surface area (Å²) in [6.45, 7) is 2.90. The van der Waals surface area contributed by atoms with E-state index in [2.05, 4.69) is 0 Å². The van der Waals surface area contributed by atoms with E-state index in [9.17, 15) is 19.7 Å². The second-order valence-corrected chi connectivity index (χ2v) is 3.18. The van der Waals surface area contributed by atoms with Gasteiger partial charge in [-0.05, 0) is 31.5 Å². The Morgan fingerprint density at radius 3 is 2.47 bits per heavy atom. The van der Waals surface area contributed by atoms with Crippen molar-refractivity contribution < 1.29 is 14.5 Å². The molecule has 0 amide bonds. The average Bonchev–Trinajstić information content (AvgIpc) is 2.15. The van der Waals surface area contributed by atoms with Gasteiger partial charge in [-0.3, -0.25) is 19.7 Å². The van der Waals surface area contributed by atoms with E-state index < -0.39 is 16.4 Å². The molecule has 0 spiro atoms. The SMILES string of the molecule is CC(=O)c1cc(C)cc(C=O)c1[N+](=O)[O-]. The number of Topliss-reactive ketones (excluding diaryl/α,β-unsaturated/α-hetero) is 1. The van der Waals surface area contributed by atoms with E-state index in [1.54, 1.807) is 6.92 Å². The van der Waals surface area contributed by atoms with Gasteiger partial charge in [0.1, 0.15) is 0 Å². The van der Waals surface area contributed by atoms with E-state index in [1.807, 2.05) is 0 Å². The Morgan fingerprint density at radius 2 is 2.07 bits per heavy atom. The van der Waals surface area contributed by atoms with E-state index in [4.69, 9.17) is 0 Å². The van der Waals surface area contributed by atoms with Crippen molar-refractivity contribution in [3.05, 3.63) is 38.9 Å². The molecule has 0 saturated heterocycles. The van der Waals surface area contributed by atoms with E-state index >= 15 is 0 Å². The van der Waals surface area contributed by atoms with Crippen molar-refractivity contribution in [2.24, 2.45) is 0 Å². The smallest absolute Gasteiger partial charge is 0.290 e.